The van der Waals surface area contributed by atoms with Crippen molar-refractivity contribution >= 4 is 23.3 Å². The van der Waals surface area contributed by atoms with Crippen molar-refractivity contribution in [1.29, 1.82) is 0 Å². The van der Waals surface area contributed by atoms with E-state index in [-0.39, 0.29) is 18.4 Å². The predicted molar refractivity (Wildman–Crippen MR) is 117 cm³/mol. The largest absolute Gasteiger partial charge is 0.495 e. The van der Waals surface area contributed by atoms with Crippen LogP contribution >= 0.6 is 0 Å². The van der Waals surface area contributed by atoms with Crippen LogP contribution in [0.3, 0.4) is 0 Å². The number of carbonyl (C=O) groups is 2. The standard InChI is InChI=1S/C23H23N3O5/c1-15-8-11-21(24-13-15)26-23(28)16-9-10-19(20(12-16)30-3)31-14-22(27)25-17-6-4-5-7-18(17)29-2/h4-13H,14H2,1-3H3,(H,25,27)(H,24,26,28). The van der Waals surface area contributed by atoms with E-state index in [1.165, 1.54) is 20.3 Å². The minimum atomic E-state index is -0.362. The summed E-state index contributed by atoms with van der Waals surface area (Å²) in [6.07, 6.45) is 1.67. The number of pyridine rings is 1. The average molecular weight is 421 g/mol. The molecular formula is C23H23N3O5. The van der Waals surface area contributed by atoms with Crippen LogP contribution in [0.15, 0.2) is 60.8 Å². The first kappa shape index (κ1) is 21.6. The number of amides is 2. The normalized spacial score (nSPS) is 10.2. The molecule has 0 saturated heterocycles. The van der Waals surface area contributed by atoms with Crippen molar-refractivity contribution in [2.75, 3.05) is 31.5 Å². The minimum Gasteiger partial charge on any atom is -0.495 e. The van der Waals surface area contributed by atoms with E-state index in [0.29, 0.717) is 34.3 Å². The molecular weight excluding hydrogens is 398 g/mol. The second-order valence-corrected chi connectivity index (χ2v) is 6.58. The molecule has 31 heavy (non-hydrogen) atoms. The Morgan fingerprint density at radius 3 is 2.39 bits per heavy atom. The number of nitrogens with zero attached hydrogens (tertiary/aromatic N) is 1. The van der Waals surface area contributed by atoms with Gasteiger partial charge in [0.2, 0.25) is 0 Å². The van der Waals surface area contributed by atoms with Crippen LogP contribution in [-0.2, 0) is 4.79 Å². The van der Waals surface area contributed by atoms with Crippen molar-refractivity contribution < 1.29 is 23.8 Å². The first-order valence-electron chi connectivity index (χ1n) is 9.48. The molecule has 2 N–H and O–H groups in total. The zero-order chi connectivity index (χ0) is 22.2. The van der Waals surface area contributed by atoms with E-state index in [0.717, 1.165) is 5.56 Å². The predicted octanol–water partition coefficient (Wildman–Crippen LogP) is 3.68. The number of methoxy groups -OCH3 is 2. The molecule has 0 unspecified atom stereocenters. The van der Waals surface area contributed by atoms with Gasteiger partial charge in [-0.3, -0.25) is 9.59 Å². The highest BCUT2D eigenvalue weighted by atomic mass is 16.5. The van der Waals surface area contributed by atoms with Gasteiger partial charge in [0.25, 0.3) is 11.8 Å². The van der Waals surface area contributed by atoms with Gasteiger partial charge in [0.05, 0.1) is 19.9 Å². The van der Waals surface area contributed by atoms with Gasteiger partial charge in [-0.1, -0.05) is 18.2 Å². The molecule has 1 aromatic heterocycles. The molecule has 3 aromatic rings. The van der Waals surface area contributed by atoms with Gasteiger partial charge in [0, 0.05) is 11.8 Å². The highest BCUT2D eigenvalue weighted by Gasteiger charge is 2.14. The molecule has 0 aliphatic carbocycles. The highest BCUT2D eigenvalue weighted by molar-refractivity contribution is 6.04. The lowest BCUT2D eigenvalue weighted by molar-refractivity contribution is -0.118. The Balaban J connectivity index is 1.63. The molecule has 0 fully saturated rings. The third-order valence-electron chi connectivity index (χ3n) is 4.32. The van der Waals surface area contributed by atoms with Gasteiger partial charge in [-0.05, 0) is 48.9 Å². The van der Waals surface area contributed by atoms with Gasteiger partial charge in [0.15, 0.2) is 18.1 Å². The van der Waals surface area contributed by atoms with Crippen molar-refractivity contribution in [1.82, 2.24) is 4.98 Å². The summed E-state index contributed by atoms with van der Waals surface area (Å²) in [5.74, 6) is 0.959. The number of carbonyl (C=O) groups excluding carboxylic acids is 2. The van der Waals surface area contributed by atoms with Crippen LogP contribution in [-0.4, -0.2) is 37.6 Å². The second kappa shape index (κ2) is 10.1. The molecule has 0 atom stereocenters. The van der Waals surface area contributed by atoms with Crippen molar-refractivity contribution in [3.05, 3.63) is 71.9 Å². The van der Waals surface area contributed by atoms with E-state index >= 15 is 0 Å². The van der Waals surface area contributed by atoms with E-state index in [4.69, 9.17) is 14.2 Å². The van der Waals surface area contributed by atoms with Gasteiger partial charge in [-0.2, -0.15) is 0 Å². The molecule has 0 aliphatic rings. The molecule has 3 rings (SSSR count). The Morgan fingerprint density at radius 1 is 0.903 bits per heavy atom. The van der Waals surface area contributed by atoms with E-state index < -0.39 is 0 Å². The molecule has 2 amide bonds. The number of anilines is 2. The Morgan fingerprint density at radius 2 is 1.68 bits per heavy atom. The second-order valence-electron chi connectivity index (χ2n) is 6.58. The fourth-order valence-electron chi connectivity index (χ4n) is 2.74. The van der Waals surface area contributed by atoms with Crippen molar-refractivity contribution in [2.45, 2.75) is 6.92 Å². The van der Waals surface area contributed by atoms with Gasteiger partial charge >= 0.3 is 0 Å². The van der Waals surface area contributed by atoms with E-state index in [1.54, 1.807) is 42.6 Å². The monoisotopic (exact) mass is 421 g/mol. The van der Waals surface area contributed by atoms with Crippen LogP contribution in [0.2, 0.25) is 0 Å². The molecule has 160 valence electrons. The zero-order valence-electron chi connectivity index (χ0n) is 17.5. The fraction of sp³-hybridized carbons (Fsp3) is 0.174. The average Bonchev–Trinajstić information content (AvgIpc) is 2.79. The smallest absolute Gasteiger partial charge is 0.262 e. The Kier molecular flexibility index (Phi) is 7.05. The summed E-state index contributed by atoms with van der Waals surface area (Å²) in [5, 5.41) is 5.45. The summed E-state index contributed by atoms with van der Waals surface area (Å²) in [7, 11) is 2.99. The summed E-state index contributed by atoms with van der Waals surface area (Å²) in [5.41, 5.74) is 1.91. The lowest BCUT2D eigenvalue weighted by Gasteiger charge is -2.13. The maximum Gasteiger partial charge on any atom is 0.262 e. The Labute approximate surface area is 180 Å². The SMILES string of the molecule is COc1ccccc1NC(=O)COc1ccc(C(=O)Nc2ccc(C)cn2)cc1OC. The van der Waals surface area contributed by atoms with Crippen LogP contribution in [0.1, 0.15) is 15.9 Å². The summed E-state index contributed by atoms with van der Waals surface area (Å²) in [6.45, 7) is 1.67. The number of aryl methyl sites for hydroxylation is 1. The maximum absolute atomic E-state index is 12.5. The Hall–Kier alpha value is -4.07. The topological polar surface area (TPSA) is 98.8 Å². The van der Waals surface area contributed by atoms with Crippen LogP contribution in [0.25, 0.3) is 0 Å². The van der Waals surface area contributed by atoms with Gasteiger partial charge < -0.3 is 24.8 Å². The third-order valence-corrected chi connectivity index (χ3v) is 4.32. The number of hydrogen-bond donors (Lipinski definition) is 2. The summed E-state index contributed by atoms with van der Waals surface area (Å²) in [4.78, 5) is 28.9. The highest BCUT2D eigenvalue weighted by Crippen LogP contribution is 2.29. The van der Waals surface area contributed by atoms with Crippen LogP contribution in [0, 0.1) is 6.92 Å². The number of aromatic nitrogens is 1. The van der Waals surface area contributed by atoms with Crippen LogP contribution in [0.4, 0.5) is 11.5 Å². The molecule has 0 radical (unpaired) electrons. The molecule has 0 aliphatic heterocycles. The Bertz CT molecular complexity index is 1070. The van der Waals surface area contributed by atoms with Crippen molar-refractivity contribution in [3.63, 3.8) is 0 Å². The number of hydrogen-bond acceptors (Lipinski definition) is 6. The lowest BCUT2D eigenvalue weighted by Crippen LogP contribution is -2.20. The van der Waals surface area contributed by atoms with Crippen molar-refractivity contribution in [2.24, 2.45) is 0 Å². The fourth-order valence-corrected chi connectivity index (χ4v) is 2.74. The summed E-state index contributed by atoms with van der Waals surface area (Å²) >= 11 is 0. The number of benzene rings is 2. The van der Waals surface area contributed by atoms with E-state index in [2.05, 4.69) is 15.6 Å². The minimum absolute atomic E-state index is 0.243. The quantitative estimate of drug-likeness (QED) is 0.576. The van der Waals surface area contributed by atoms with Gasteiger partial charge in [-0.15, -0.1) is 0 Å². The molecule has 8 nitrogen and oxygen atoms in total. The molecule has 0 spiro atoms. The number of rotatable bonds is 8. The number of nitrogens with one attached hydrogen (secondary N) is 2. The molecule has 0 bridgehead atoms. The molecule has 2 aromatic carbocycles. The lowest BCUT2D eigenvalue weighted by atomic mass is 10.2. The van der Waals surface area contributed by atoms with Crippen LogP contribution in [0.5, 0.6) is 17.2 Å². The van der Waals surface area contributed by atoms with Gasteiger partial charge in [-0.25, -0.2) is 4.98 Å². The van der Waals surface area contributed by atoms with E-state index in [1.807, 2.05) is 19.1 Å². The number of para-hydroxylation sites is 2. The maximum atomic E-state index is 12.5. The van der Waals surface area contributed by atoms with Crippen LogP contribution < -0.4 is 24.8 Å². The summed E-state index contributed by atoms with van der Waals surface area (Å²) < 4.78 is 16.1. The molecule has 0 saturated carbocycles. The molecule has 8 heteroatoms. The first-order chi connectivity index (χ1) is 15.0. The van der Waals surface area contributed by atoms with Crippen molar-refractivity contribution in [3.8, 4) is 17.2 Å². The third kappa shape index (κ3) is 5.72. The van der Waals surface area contributed by atoms with E-state index in [9.17, 15) is 9.59 Å². The van der Waals surface area contributed by atoms with Gasteiger partial charge in [0.1, 0.15) is 11.6 Å². The number of ether oxygens (including phenoxy) is 3. The summed E-state index contributed by atoms with van der Waals surface area (Å²) in [6, 6.07) is 15.4. The molecule has 1 heterocycles. The first-order valence-corrected chi connectivity index (χ1v) is 9.48. The zero-order valence-corrected chi connectivity index (χ0v) is 17.5.